The molecule has 3 heterocycles. The highest BCUT2D eigenvalue weighted by Gasteiger charge is 2.21. The second-order valence-corrected chi connectivity index (χ2v) is 9.03. The predicted molar refractivity (Wildman–Crippen MR) is 126 cm³/mol. The summed E-state index contributed by atoms with van der Waals surface area (Å²) in [6, 6.07) is 15.6. The van der Waals surface area contributed by atoms with E-state index >= 15 is 0 Å². The van der Waals surface area contributed by atoms with Gasteiger partial charge in [0.05, 0.1) is 29.2 Å². The maximum absolute atomic E-state index is 13.3. The van der Waals surface area contributed by atoms with Crippen LogP contribution in [0.2, 0.25) is 0 Å². The zero-order valence-electron chi connectivity index (χ0n) is 18.2. The summed E-state index contributed by atoms with van der Waals surface area (Å²) in [5, 5.41) is 1.32. The number of hydrogen-bond acceptors (Lipinski definition) is 6. The van der Waals surface area contributed by atoms with Gasteiger partial charge < -0.3 is 9.15 Å². The van der Waals surface area contributed by atoms with Crippen molar-refractivity contribution >= 4 is 22.7 Å². The largest absolute Gasteiger partial charge is 0.441 e. The van der Waals surface area contributed by atoms with Gasteiger partial charge in [-0.1, -0.05) is 42.1 Å². The predicted octanol–water partition coefficient (Wildman–Crippen LogP) is 5.14. The molecule has 1 aliphatic heterocycles. The lowest BCUT2D eigenvalue weighted by Gasteiger charge is -2.16. The van der Waals surface area contributed by atoms with Crippen LogP contribution in [0.25, 0.3) is 22.4 Å². The van der Waals surface area contributed by atoms with Crippen LogP contribution in [-0.2, 0) is 17.0 Å². The molecule has 32 heavy (non-hydrogen) atoms. The Morgan fingerprint density at radius 2 is 1.91 bits per heavy atom. The van der Waals surface area contributed by atoms with Gasteiger partial charge in [0, 0.05) is 17.9 Å². The fraction of sp³-hybridized carbons (Fsp3) is 0.320. The van der Waals surface area contributed by atoms with E-state index in [4.69, 9.17) is 19.1 Å². The van der Waals surface area contributed by atoms with Gasteiger partial charge in [0.25, 0.3) is 5.56 Å². The molecular formula is C25H25N3O3S. The molecule has 1 atom stereocenters. The van der Waals surface area contributed by atoms with Gasteiger partial charge in [-0.15, -0.1) is 0 Å². The smallest absolute Gasteiger partial charge is 0.262 e. The third-order valence-electron chi connectivity index (χ3n) is 5.84. The highest BCUT2D eigenvalue weighted by molar-refractivity contribution is 7.98. The Labute approximate surface area is 190 Å². The number of oxazole rings is 1. The second-order valence-electron chi connectivity index (χ2n) is 8.09. The summed E-state index contributed by atoms with van der Waals surface area (Å²) in [6.07, 6.45) is 2.05. The molecule has 0 bridgehead atoms. The van der Waals surface area contributed by atoms with Gasteiger partial charge in [-0.2, -0.15) is 0 Å². The Balaban J connectivity index is 1.46. The molecule has 6 nitrogen and oxygen atoms in total. The summed E-state index contributed by atoms with van der Waals surface area (Å²) in [5.41, 5.74) is 3.66. The molecule has 7 heteroatoms. The molecule has 4 aromatic rings. The molecule has 0 radical (unpaired) electrons. The van der Waals surface area contributed by atoms with Crippen molar-refractivity contribution in [3.8, 4) is 11.5 Å². The summed E-state index contributed by atoms with van der Waals surface area (Å²) < 4.78 is 13.5. The van der Waals surface area contributed by atoms with E-state index in [9.17, 15) is 4.79 Å². The maximum Gasteiger partial charge on any atom is 0.262 e. The average Bonchev–Trinajstić information content (AvgIpc) is 3.44. The highest BCUT2D eigenvalue weighted by atomic mass is 32.2. The standard InChI is InChI=1S/C25H25N3O3S/c1-16-8-3-4-10-19(16)23-26-22(17(2)31-23)15-32-25-27-21-12-6-5-11-20(21)24(29)28(25)14-18-9-7-13-30-18/h3-6,8,10-12,18H,7,9,13-15H2,1-2H3. The van der Waals surface area contributed by atoms with Crippen molar-refractivity contribution in [3.63, 3.8) is 0 Å². The van der Waals surface area contributed by atoms with Crippen LogP contribution in [0.1, 0.15) is 29.9 Å². The van der Waals surface area contributed by atoms with Crippen molar-refractivity contribution in [2.24, 2.45) is 0 Å². The van der Waals surface area contributed by atoms with Crippen molar-refractivity contribution < 1.29 is 9.15 Å². The third kappa shape index (κ3) is 4.10. The lowest BCUT2D eigenvalue weighted by atomic mass is 10.1. The Morgan fingerprint density at radius 3 is 2.72 bits per heavy atom. The average molecular weight is 448 g/mol. The SMILES string of the molecule is Cc1ccccc1-c1nc(CSc2nc3ccccc3c(=O)n2CC2CCCO2)c(C)o1. The quantitative estimate of drug-likeness (QED) is 0.301. The molecule has 1 saturated heterocycles. The summed E-state index contributed by atoms with van der Waals surface area (Å²) in [4.78, 5) is 22.8. The number of nitrogens with zero attached hydrogens (tertiary/aromatic N) is 3. The molecule has 1 aliphatic rings. The van der Waals surface area contributed by atoms with E-state index < -0.39 is 0 Å². The molecule has 0 saturated carbocycles. The van der Waals surface area contributed by atoms with Gasteiger partial charge in [0.15, 0.2) is 5.16 Å². The molecule has 2 aromatic carbocycles. The number of fused-ring (bicyclic) bond motifs is 1. The number of benzene rings is 2. The molecule has 0 N–H and O–H groups in total. The van der Waals surface area contributed by atoms with Crippen LogP contribution >= 0.6 is 11.8 Å². The van der Waals surface area contributed by atoms with Crippen LogP contribution in [0.4, 0.5) is 0 Å². The number of ether oxygens (including phenoxy) is 1. The number of aryl methyl sites for hydroxylation is 2. The number of thioether (sulfide) groups is 1. The maximum atomic E-state index is 13.3. The summed E-state index contributed by atoms with van der Waals surface area (Å²) in [7, 11) is 0. The Hall–Kier alpha value is -2.90. The van der Waals surface area contributed by atoms with Crippen LogP contribution in [0.3, 0.4) is 0 Å². The lowest BCUT2D eigenvalue weighted by Crippen LogP contribution is -2.28. The van der Waals surface area contributed by atoms with Crippen molar-refractivity contribution in [1.29, 1.82) is 0 Å². The zero-order valence-corrected chi connectivity index (χ0v) is 19.0. The van der Waals surface area contributed by atoms with Crippen molar-refractivity contribution in [3.05, 3.63) is 75.9 Å². The van der Waals surface area contributed by atoms with Gasteiger partial charge in [-0.25, -0.2) is 9.97 Å². The van der Waals surface area contributed by atoms with E-state index in [0.717, 1.165) is 42.0 Å². The Morgan fingerprint density at radius 1 is 1.09 bits per heavy atom. The Bertz CT molecular complexity index is 1320. The minimum Gasteiger partial charge on any atom is -0.441 e. The number of para-hydroxylation sites is 1. The minimum absolute atomic E-state index is 0.0222. The van der Waals surface area contributed by atoms with E-state index in [1.165, 1.54) is 11.8 Å². The lowest BCUT2D eigenvalue weighted by molar-refractivity contribution is 0.0937. The first kappa shape index (κ1) is 21.0. The fourth-order valence-corrected chi connectivity index (χ4v) is 5.04. The molecule has 2 aromatic heterocycles. The number of hydrogen-bond donors (Lipinski definition) is 0. The molecule has 0 amide bonds. The van der Waals surface area contributed by atoms with Crippen LogP contribution in [0.5, 0.6) is 0 Å². The Kier molecular flexibility index (Phi) is 5.85. The van der Waals surface area contributed by atoms with Crippen LogP contribution in [0, 0.1) is 13.8 Å². The molecular weight excluding hydrogens is 422 g/mol. The van der Waals surface area contributed by atoms with Crippen molar-refractivity contribution in [1.82, 2.24) is 14.5 Å². The minimum atomic E-state index is -0.0222. The third-order valence-corrected chi connectivity index (χ3v) is 6.83. The second kappa shape index (κ2) is 8.92. The monoisotopic (exact) mass is 447 g/mol. The van der Waals surface area contributed by atoms with Gasteiger partial charge in [-0.05, 0) is 50.5 Å². The topological polar surface area (TPSA) is 70.2 Å². The van der Waals surface area contributed by atoms with E-state index in [2.05, 4.69) is 0 Å². The van der Waals surface area contributed by atoms with Crippen molar-refractivity contribution in [2.45, 2.75) is 50.2 Å². The van der Waals surface area contributed by atoms with Gasteiger partial charge in [-0.3, -0.25) is 9.36 Å². The van der Waals surface area contributed by atoms with E-state index in [1.54, 1.807) is 4.57 Å². The van der Waals surface area contributed by atoms with Crippen LogP contribution in [0.15, 0.2) is 62.9 Å². The van der Waals surface area contributed by atoms with Crippen LogP contribution in [-0.4, -0.2) is 27.2 Å². The van der Waals surface area contributed by atoms with Gasteiger partial charge in [0.1, 0.15) is 5.76 Å². The molecule has 0 aliphatic carbocycles. The summed E-state index contributed by atoms with van der Waals surface area (Å²) in [6.45, 7) is 5.25. The van der Waals surface area contributed by atoms with Gasteiger partial charge >= 0.3 is 0 Å². The molecule has 1 unspecified atom stereocenters. The van der Waals surface area contributed by atoms with E-state index in [-0.39, 0.29) is 11.7 Å². The normalized spacial score (nSPS) is 16.1. The first-order valence-electron chi connectivity index (χ1n) is 10.9. The van der Waals surface area contributed by atoms with Crippen LogP contribution < -0.4 is 5.56 Å². The molecule has 0 spiro atoms. The zero-order chi connectivity index (χ0) is 22.1. The molecule has 164 valence electrons. The summed E-state index contributed by atoms with van der Waals surface area (Å²) in [5.74, 6) is 1.97. The van der Waals surface area contributed by atoms with Gasteiger partial charge in [0.2, 0.25) is 5.89 Å². The first-order chi connectivity index (χ1) is 15.6. The van der Waals surface area contributed by atoms with E-state index in [1.807, 2.05) is 62.4 Å². The fourth-order valence-electron chi connectivity index (χ4n) is 4.03. The molecule has 5 rings (SSSR count). The number of aromatic nitrogens is 3. The van der Waals surface area contributed by atoms with E-state index in [0.29, 0.717) is 34.2 Å². The first-order valence-corrected chi connectivity index (χ1v) is 11.8. The number of rotatable bonds is 6. The van der Waals surface area contributed by atoms with Crippen molar-refractivity contribution in [2.75, 3.05) is 6.61 Å². The summed E-state index contributed by atoms with van der Waals surface area (Å²) >= 11 is 1.51. The highest BCUT2D eigenvalue weighted by Crippen LogP contribution is 2.29. The molecule has 1 fully saturated rings.